The number of esters is 1. The van der Waals surface area contributed by atoms with Crippen LogP contribution >= 0.6 is 0 Å². The molecule has 0 radical (unpaired) electrons. The fraction of sp³-hybridized carbons (Fsp3) is 0.704. The van der Waals surface area contributed by atoms with Gasteiger partial charge >= 0.3 is 5.97 Å². The van der Waals surface area contributed by atoms with Crippen LogP contribution in [0.15, 0.2) is 85.1 Å². The van der Waals surface area contributed by atoms with Crippen molar-refractivity contribution < 1.29 is 24.5 Å². The highest BCUT2D eigenvalue weighted by molar-refractivity contribution is 5.77. The van der Waals surface area contributed by atoms with E-state index in [0.29, 0.717) is 19.3 Å². The van der Waals surface area contributed by atoms with Crippen molar-refractivity contribution in [3.63, 3.8) is 0 Å². The fourth-order valence-electron chi connectivity index (χ4n) is 7.11. The molecular weight excluding hydrogens is 743 g/mol. The molecule has 0 aliphatic carbocycles. The number of carbonyl (C=O) groups excluding carboxylic acids is 2. The first kappa shape index (κ1) is 57.0. The molecule has 0 spiro atoms. The number of nitrogens with one attached hydrogen (secondary N) is 1. The Labute approximate surface area is 370 Å². The molecule has 6 nitrogen and oxygen atoms in total. The van der Waals surface area contributed by atoms with Gasteiger partial charge in [-0.3, -0.25) is 9.59 Å². The van der Waals surface area contributed by atoms with E-state index < -0.39 is 18.2 Å². The molecule has 6 heteroatoms. The smallest absolute Gasteiger partial charge is 0.306 e. The van der Waals surface area contributed by atoms with Crippen LogP contribution in [-0.2, 0) is 14.3 Å². The molecule has 0 saturated heterocycles. The lowest BCUT2D eigenvalue weighted by Gasteiger charge is -2.24. The highest BCUT2D eigenvalue weighted by Crippen LogP contribution is 2.16. The Morgan fingerprint density at radius 3 is 1.43 bits per heavy atom. The minimum absolute atomic E-state index is 0.0170. The van der Waals surface area contributed by atoms with E-state index in [-0.39, 0.29) is 24.9 Å². The van der Waals surface area contributed by atoms with Gasteiger partial charge in [-0.2, -0.15) is 0 Å². The molecule has 0 aromatic rings. The van der Waals surface area contributed by atoms with Crippen LogP contribution in [-0.4, -0.2) is 46.9 Å². The summed E-state index contributed by atoms with van der Waals surface area (Å²) in [5.41, 5.74) is 0. The monoisotopic (exact) mass is 836 g/mol. The number of aliphatic hydroxyl groups is 2. The van der Waals surface area contributed by atoms with Crippen molar-refractivity contribution in [1.29, 1.82) is 0 Å². The number of allylic oxidation sites excluding steroid dienone is 14. The summed E-state index contributed by atoms with van der Waals surface area (Å²) in [6.07, 6.45) is 60.7. The van der Waals surface area contributed by atoms with Crippen molar-refractivity contribution in [3.05, 3.63) is 85.1 Å². The van der Waals surface area contributed by atoms with Crippen molar-refractivity contribution in [3.8, 4) is 0 Å². The molecule has 3 unspecified atom stereocenters. The third-order valence-corrected chi connectivity index (χ3v) is 10.9. The van der Waals surface area contributed by atoms with Crippen LogP contribution < -0.4 is 5.32 Å². The second-order valence-corrected chi connectivity index (χ2v) is 16.6. The number of carbonyl (C=O) groups is 2. The molecule has 0 aliphatic heterocycles. The summed E-state index contributed by atoms with van der Waals surface area (Å²) in [5.74, 6) is -0.573. The van der Waals surface area contributed by atoms with E-state index in [2.05, 4.69) is 50.4 Å². The van der Waals surface area contributed by atoms with E-state index in [0.717, 1.165) is 70.6 Å². The highest BCUT2D eigenvalue weighted by Gasteiger charge is 2.24. The Hall–Kier alpha value is -2.96. The number of amides is 1. The molecule has 0 aromatic heterocycles. The fourth-order valence-corrected chi connectivity index (χ4v) is 7.11. The molecule has 0 aliphatic rings. The van der Waals surface area contributed by atoms with Gasteiger partial charge in [0, 0.05) is 6.42 Å². The molecule has 3 atom stereocenters. The summed E-state index contributed by atoms with van der Waals surface area (Å²) in [4.78, 5) is 26.1. The summed E-state index contributed by atoms with van der Waals surface area (Å²) >= 11 is 0. The SMILES string of the molecule is CC\C=C/C=C/C=C/C=C\C=C\C=C\CCCC(CC(=O)NC(CO)C(O)CCCCCCCCCCCCCC)OC(=O)CCCCC/C=C\CCCCCCCCC. The van der Waals surface area contributed by atoms with Crippen molar-refractivity contribution in [2.24, 2.45) is 0 Å². The molecule has 3 N–H and O–H groups in total. The standard InChI is InChI=1S/C54H93NO5/c1-4-7-10-13-16-19-22-25-27-28-30-33-36-39-42-45-50(60-54(59)47-44-41-38-35-32-29-26-23-20-17-14-11-8-5-2)48-53(58)55-51(49-56)52(57)46-43-40-37-34-31-24-21-18-15-12-9-6-3/h7,10,13,16,19,22,25,27-30,32-33,36,50-52,56-57H,4-6,8-9,11-12,14-15,17-18,20-21,23-24,26,31,34-35,37-49H2,1-3H3,(H,55,58)/b10-7-,16-13+,22-19+,27-25-,30-28+,32-29-,36-33+. The zero-order chi connectivity index (χ0) is 43.8. The minimum atomic E-state index is -0.813. The number of hydrogen-bond donors (Lipinski definition) is 3. The van der Waals surface area contributed by atoms with Crippen LogP contribution in [0.5, 0.6) is 0 Å². The van der Waals surface area contributed by atoms with Crippen LogP contribution in [0.1, 0.15) is 220 Å². The zero-order valence-electron chi connectivity index (χ0n) is 39.1. The highest BCUT2D eigenvalue weighted by atomic mass is 16.5. The van der Waals surface area contributed by atoms with E-state index >= 15 is 0 Å². The maximum absolute atomic E-state index is 13.2. The molecule has 0 rings (SSSR count). The lowest BCUT2D eigenvalue weighted by atomic mass is 10.0. The summed E-state index contributed by atoms with van der Waals surface area (Å²) in [5, 5.41) is 23.7. The van der Waals surface area contributed by atoms with E-state index in [1.807, 2.05) is 60.8 Å². The van der Waals surface area contributed by atoms with Gasteiger partial charge in [0.1, 0.15) is 6.10 Å². The third kappa shape index (κ3) is 41.8. The summed E-state index contributed by atoms with van der Waals surface area (Å²) in [7, 11) is 0. The molecule has 0 heterocycles. The topological polar surface area (TPSA) is 95.9 Å². The Morgan fingerprint density at radius 2 is 0.933 bits per heavy atom. The van der Waals surface area contributed by atoms with E-state index in [1.165, 1.54) is 103 Å². The van der Waals surface area contributed by atoms with Gasteiger partial charge in [-0.1, -0.05) is 228 Å². The van der Waals surface area contributed by atoms with Gasteiger partial charge in [-0.15, -0.1) is 0 Å². The van der Waals surface area contributed by atoms with Gasteiger partial charge in [-0.25, -0.2) is 0 Å². The van der Waals surface area contributed by atoms with E-state index in [9.17, 15) is 19.8 Å². The first-order valence-corrected chi connectivity index (χ1v) is 24.9. The molecule has 344 valence electrons. The Kier molecular flexibility index (Phi) is 44.8. The second-order valence-electron chi connectivity index (χ2n) is 16.6. The van der Waals surface area contributed by atoms with Crippen LogP contribution in [0.25, 0.3) is 0 Å². The maximum atomic E-state index is 13.2. The normalized spacial score (nSPS) is 14.0. The Balaban J connectivity index is 4.78. The van der Waals surface area contributed by atoms with Crippen molar-refractivity contribution in [1.82, 2.24) is 5.32 Å². The van der Waals surface area contributed by atoms with Gasteiger partial charge < -0.3 is 20.3 Å². The van der Waals surface area contributed by atoms with E-state index in [4.69, 9.17) is 4.74 Å². The predicted octanol–water partition coefficient (Wildman–Crippen LogP) is 14.8. The number of ether oxygens (including phenoxy) is 1. The number of rotatable bonds is 43. The maximum Gasteiger partial charge on any atom is 0.306 e. The lowest BCUT2D eigenvalue weighted by molar-refractivity contribution is -0.151. The third-order valence-electron chi connectivity index (χ3n) is 10.9. The van der Waals surface area contributed by atoms with Crippen LogP contribution in [0.2, 0.25) is 0 Å². The van der Waals surface area contributed by atoms with Gasteiger partial charge in [0.25, 0.3) is 0 Å². The quantitative estimate of drug-likeness (QED) is 0.0246. The number of hydrogen-bond acceptors (Lipinski definition) is 5. The average molecular weight is 836 g/mol. The van der Waals surface area contributed by atoms with Gasteiger partial charge in [0.15, 0.2) is 0 Å². The number of aliphatic hydroxyl groups excluding tert-OH is 2. The summed E-state index contributed by atoms with van der Waals surface area (Å²) in [6, 6.07) is -0.732. The van der Waals surface area contributed by atoms with Crippen molar-refractivity contribution in [2.45, 2.75) is 238 Å². The van der Waals surface area contributed by atoms with Crippen LogP contribution in [0, 0.1) is 0 Å². The minimum Gasteiger partial charge on any atom is -0.462 e. The lowest BCUT2D eigenvalue weighted by Crippen LogP contribution is -2.46. The first-order chi connectivity index (χ1) is 29.5. The molecule has 1 amide bonds. The zero-order valence-corrected chi connectivity index (χ0v) is 39.1. The molecule has 0 aromatic carbocycles. The van der Waals surface area contributed by atoms with Crippen molar-refractivity contribution >= 4 is 11.9 Å². The van der Waals surface area contributed by atoms with Crippen LogP contribution in [0.4, 0.5) is 0 Å². The molecule has 0 fully saturated rings. The van der Waals surface area contributed by atoms with E-state index in [1.54, 1.807) is 0 Å². The predicted molar refractivity (Wildman–Crippen MR) is 259 cm³/mol. The average Bonchev–Trinajstić information content (AvgIpc) is 3.24. The van der Waals surface area contributed by atoms with Crippen molar-refractivity contribution in [2.75, 3.05) is 6.61 Å². The molecule has 0 saturated carbocycles. The Bertz CT molecular complexity index is 1160. The Morgan fingerprint density at radius 1 is 0.500 bits per heavy atom. The number of unbranched alkanes of at least 4 members (excludes halogenated alkanes) is 22. The molecule has 60 heavy (non-hydrogen) atoms. The molecule has 0 bridgehead atoms. The first-order valence-electron chi connectivity index (χ1n) is 24.9. The summed E-state index contributed by atoms with van der Waals surface area (Å²) < 4.78 is 5.88. The summed E-state index contributed by atoms with van der Waals surface area (Å²) in [6.45, 7) is 6.30. The largest absolute Gasteiger partial charge is 0.462 e. The van der Waals surface area contributed by atoms with Gasteiger partial charge in [0.2, 0.25) is 5.91 Å². The van der Waals surface area contributed by atoms with Crippen LogP contribution in [0.3, 0.4) is 0 Å². The van der Waals surface area contributed by atoms with Gasteiger partial charge in [-0.05, 0) is 64.2 Å². The van der Waals surface area contributed by atoms with Gasteiger partial charge in [0.05, 0.1) is 25.2 Å². The second kappa shape index (κ2) is 47.1. The molecular formula is C54H93NO5.